The second-order valence-electron chi connectivity index (χ2n) is 4.85. The lowest BCUT2D eigenvalue weighted by atomic mass is 9.98. The fourth-order valence-electron chi connectivity index (χ4n) is 2.36. The van der Waals surface area contributed by atoms with Crippen molar-refractivity contribution in [1.29, 1.82) is 0 Å². The van der Waals surface area contributed by atoms with Crippen LogP contribution in [0, 0.1) is 6.92 Å². The second-order valence-corrected chi connectivity index (χ2v) is 5.64. The van der Waals surface area contributed by atoms with Crippen LogP contribution in [0.5, 0.6) is 0 Å². The van der Waals surface area contributed by atoms with Crippen molar-refractivity contribution in [2.75, 3.05) is 0 Å². The van der Waals surface area contributed by atoms with Gasteiger partial charge in [0.25, 0.3) is 0 Å². The quantitative estimate of drug-likeness (QED) is 0.939. The summed E-state index contributed by atoms with van der Waals surface area (Å²) in [5.41, 5.74) is 11.0. The van der Waals surface area contributed by atoms with Gasteiger partial charge in [-0.15, -0.1) is 0 Å². The summed E-state index contributed by atoms with van der Waals surface area (Å²) in [6.45, 7) is 4.21. The van der Waals surface area contributed by atoms with Gasteiger partial charge in [-0.2, -0.15) is 5.10 Å². The van der Waals surface area contributed by atoms with Crippen molar-refractivity contribution in [2.45, 2.75) is 32.7 Å². The molecule has 2 aromatic rings. The Hall–Kier alpha value is -1.13. The minimum absolute atomic E-state index is 0.00222. The van der Waals surface area contributed by atoms with Crippen molar-refractivity contribution in [3.63, 3.8) is 0 Å². The van der Waals surface area contributed by atoms with Crippen LogP contribution >= 0.6 is 15.9 Å². The van der Waals surface area contributed by atoms with Crippen LogP contribution in [0.1, 0.15) is 35.5 Å². The Morgan fingerprint density at radius 3 is 2.63 bits per heavy atom. The first-order valence-electron chi connectivity index (χ1n) is 6.56. The number of benzene rings is 1. The van der Waals surface area contributed by atoms with Gasteiger partial charge in [-0.1, -0.05) is 31.2 Å². The highest BCUT2D eigenvalue weighted by Gasteiger charge is 2.17. The Labute approximate surface area is 122 Å². The van der Waals surface area contributed by atoms with Gasteiger partial charge in [0, 0.05) is 19.5 Å². The number of aromatic nitrogens is 2. The maximum atomic E-state index is 6.35. The van der Waals surface area contributed by atoms with Crippen molar-refractivity contribution in [3.8, 4) is 0 Å². The zero-order valence-corrected chi connectivity index (χ0v) is 13.2. The average molecular weight is 322 g/mol. The molecule has 4 heteroatoms. The highest BCUT2D eigenvalue weighted by molar-refractivity contribution is 9.10. The molecule has 2 rings (SSSR count). The molecule has 19 heavy (non-hydrogen) atoms. The molecule has 0 saturated carbocycles. The van der Waals surface area contributed by atoms with E-state index in [1.807, 2.05) is 23.9 Å². The van der Waals surface area contributed by atoms with Gasteiger partial charge in [0.1, 0.15) is 0 Å². The molecule has 0 bridgehead atoms. The van der Waals surface area contributed by atoms with E-state index in [9.17, 15) is 0 Å². The molecule has 0 radical (unpaired) electrons. The Morgan fingerprint density at radius 2 is 2.05 bits per heavy atom. The molecular formula is C15H20BrN3. The fraction of sp³-hybridized carbons (Fsp3) is 0.400. The summed E-state index contributed by atoms with van der Waals surface area (Å²) in [6.07, 6.45) is 1.71. The maximum absolute atomic E-state index is 6.35. The summed E-state index contributed by atoms with van der Waals surface area (Å²) in [4.78, 5) is 0. The summed E-state index contributed by atoms with van der Waals surface area (Å²) < 4.78 is 3.03. The first-order valence-corrected chi connectivity index (χ1v) is 7.35. The number of rotatable bonds is 4. The monoisotopic (exact) mass is 321 g/mol. The third-order valence-electron chi connectivity index (χ3n) is 3.50. The first kappa shape index (κ1) is 14.3. The fourth-order valence-corrected chi connectivity index (χ4v) is 3.14. The predicted molar refractivity (Wildman–Crippen MR) is 82.1 cm³/mol. The van der Waals surface area contributed by atoms with Crippen molar-refractivity contribution >= 4 is 15.9 Å². The van der Waals surface area contributed by atoms with Crippen molar-refractivity contribution in [2.24, 2.45) is 12.8 Å². The Kier molecular flexibility index (Phi) is 4.42. The molecule has 2 N–H and O–H groups in total. The van der Waals surface area contributed by atoms with E-state index >= 15 is 0 Å². The molecule has 1 atom stereocenters. The molecule has 0 fully saturated rings. The molecule has 0 aliphatic carbocycles. The SMILES string of the molecule is CCc1nn(C)c(CC(N)c2ccccc2C)c1Br. The molecule has 3 nitrogen and oxygen atoms in total. The molecule has 1 aromatic heterocycles. The number of hydrogen-bond acceptors (Lipinski definition) is 2. The maximum Gasteiger partial charge on any atom is 0.0766 e. The van der Waals surface area contributed by atoms with Gasteiger partial charge in [-0.05, 0) is 40.4 Å². The zero-order valence-electron chi connectivity index (χ0n) is 11.7. The van der Waals surface area contributed by atoms with Crippen LogP contribution in [0.3, 0.4) is 0 Å². The van der Waals surface area contributed by atoms with E-state index in [0.717, 1.165) is 28.7 Å². The summed E-state index contributed by atoms with van der Waals surface area (Å²) in [6, 6.07) is 8.28. The average Bonchev–Trinajstić information content (AvgIpc) is 2.66. The van der Waals surface area contributed by atoms with Gasteiger partial charge in [0.2, 0.25) is 0 Å². The van der Waals surface area contributed by atoms with E-state index in [-0.39, 0.29) is 6.04 Å². The van der Waals surface area contributed by atoms with Crippen LogP contribution in [-0.2, 0) is 19.9 Å². The third kappa shape index (κ3) is 2.90. The van der Waals surface area contributed by atoms with Crippen LogP contribution in [-0.4, -0.2) is 9.78 Å². The van der Waals surface area contributed by atoms with Crippen LogP contribution in [0.2, 0.25) is 0 Å². The summed E-state index contributed by atoms with van der Waals surface area (Å²) >= 11 is 3.64. The molecular weight excluding hydrogens is 302 g/mol. The van der Waals surface area contributed by atoms with Gasteiger partial charge >= 0.3 is 0 Å². The van der Waals surface area contributed by atoms with Gasteiger partial charge < -0.3 is 5.73 Å². The first-order chi connectivity index (χ1) is 9.04. The molecule has 1 aromatic carbocycles. The Bertz CT molecular complexity index is 575. The van der Waals surface area contributed by atoms with E-state index in [1.54, 1.807) is 0 Å². The van der Waals surface area contributed by atoms with Crippen LogP contribution in [0.4, 0.5) is 0 Å². The predicted octanol–water partition coefficient (Wildman–Crippen LogP) is 3.30. The largest absolute Gasteiger partial charge is 0.324 e. The molecule has 102 valence electrons. The molecule has 0 spiro atoms. The Morgan fingerprint density at radius 1 is 1.37 bits per heavy atom. The molecule has 1 heterocycles. The van der Waals surface area contributed by atoms with Crippen molar-refractivity contribution < 1.29 is 0 Å². The molecule has 0 saturated heterocycles. The van der Waals surface area contributed by atoms with Crippen LogP contribution < -0.4 is 5.73 Å². The lowest BCUT2D eigenvalue weighted by molar-refractivity contribution is 0.635. The minimum atomic E-state index is -0.00222. The standard InChI is InChI=1S/C15H20BrN3/c1-4-13-15(16)14(19(3)18-13)9-12(17)11-8-6-5-7-10(11)2/h5-8,12H,4,9,17H2,1-3H3. The summed E-state index contributed by atoms with van der Waals surface area (Å²) in [7, 11) is 1.98. The lowest BCUT2D eigenvalue weighted by Gasteiger charge is -2.15. The van der Waals surface area contributed by atoms with Gasteiger partial charge in [0.05, 0.1) is 15.9 Å². The lowest BCUT2D eigenvalue weighted by Crippen LogP contribution is -2.16. The number of nitrogens with two attached hydrogens (primary N) is 1. The normalized spacial score (nSPS) is 12.7. The highest BCUT2D eigenvalue weighted by atomic mass is 79.9. The number of aryl methyl sites for hydroxylation is 3. The molecule has 0 amide bonds. The minimum Gasteiger partial charge on any atom is -0.324 e. The van der Waals surface area contributed by atoms with Crippen molar-refractivity contribution in [3.05, 3.63) is 51.3 Å². The smallest absolute Gasteiger partial charge is 0.0766 e. The number of nitrogens with zero attached hydrogens (tertiary/aromatic N) is 2. The number of hydrogen-bond donors (Lipinski definition) is 1. The topological polar surface area (TPSA) is 43.8 Å². The molecule has 0 aliphatic rings. The third-order valence-corrected chi connectivity index (χ3v) is 4.42. The Balaban J connectivity index is 2.27. The van der Waals surface area contributed by atoms with E-state index in [4.69, 9.17) is 5.73 Å². The zero-order chi connectivity index (χ0) is 14.0. The van der Waals surface area contributed by atoms with Gasteiger partial charge in [-0.3, -0.25) is 4.68 Å². The van der Waals surface area contributed by atoms with E-state index in [1.165, 1.54) is 11.1 Å². The van der Waals surface area contributed by atoms with E-state index < -0.39 is 0 Å². The molecule has 1 unspecified atom stereocenters. The number of halogens is 1. The highest BCUT2D eigenvalue weighted by Crippen LogP contribution is 2.26. The van der Waals surface area contributed by atoms with E-state index in [2.05, 4.69) is 47.0 Å². The van der Waals surface area contributed by atoms with Gasteiger partial charge in [0.15, 0.2) is 0 Å². The second kappa shape index (κ2) is 5.88. The van der Waals surface area contributed by atoms with Crippen molar-refractivity contribution in [1.82, 2.24) is 9.78 Å². The van der Waals surface area contributed by atoms with Gasteiger partial charge in [-0.25, -0.2) is 0 Å². The summed E-state index contributed by atoms with van der Waals surface area (Å²) in [5.74, 6) is 0. The molecule has 0 aliphatic heterocycles. The van der Waals surface area contributed by atoms with Crippen LogP contribution in [0.15, 0.2) is 28.7 Å². The van der Waals surface area contributed by atoms with E-state index in [0.29, 0.717) is 0 Å². The van der Waals surface area contributed by atoms with Crippen LogP contribution in [0.25, 0.3) is 0 Å². The summed E-state index contributed by atoms with van der Waals surface area (Å²) in [5, 5.41) is 4.51.